The van der Waals surface area contributed by atoms with Gasteiger partial charge in [-0.3, -0.25) is 4.79 Å². The monoisotopic (exact) mass is 423 g/mol. The summed E-state index contributed by atoms with van der Waals surface area (Å²) in [5.74, 6) is -0.253. The third-order valence-corrected chi connectivity index (χ3v) is 5.52. The molecule has 0 bridgehead atoms. The number of ether oxygens (including phenoxy) is 1. The highest BCUT2D eigenvalue weighted by molar-refractivity contribution is 6.33. The van der Waals surface area contributed by atoms with E-state index in [4.69, 9.17) is 20.8 Å². The first kappa shape index (κ1) is 20.2. The van der Waals surface area contributed by atoms with Crippen LogP contribution in [0.2, 0.25) is 5.02 Å². The molecule has 6 heteroatoms. The molecule has 2 aromatic carbocycles. The van der Waals surface area contributed by atoms with Crippen molar-refractivity contribution in [1.29, 1.82) is 0 Å². The first-order valence-corrected chi connectivity index (χ1v) is 10.5. The first-order chi connectivity index (χ1) is 14.6. The maximum atomic E-state index is 12.7. The maximum Gasteiger partial charge on any atom is 0.340 e. The Labute approximate surface area is 180 Å². The number of halogens is 1. The molecular formula is C24H22ClNO4. The Balaban J connectivity index is 1.49. The fraction of sp³-hybridized carbons (Fsp3) is 0.250. The van der Waals surface area contributed by atoms with Gasteiger partial charge in [-0.1, -0.05) is 42.3 Å². The number of nitrogens with one attached hydrogen (secondary N) is 1. The predicted octanol–water partition coefficient (Wildman–Crippen LogP) is 6.34. The molecule has 154 valence electrons. The molecule has 1 N–H and O–H groups in total. The molecule has 1 heterocycles. The molecule has 30 heavy (non-hydrogen) atoms. The largest absolute Gasteiger partial charge is 0.459 e. The van der Waals surface area contributed by atoms with Crippen molar-refractivity contribution in [2.75, 3.05) is 5.32 Å². The molecule has 0 unspecified atom stereocenters. The van der Waals surface area contributed by atoms with Gasteiger partial charge in [-0.25, -0.2) is 4.79 Å². The number of furan rings is 1. The van der Waals surface area contributed by atoms with Gasteiger partial charge in [0, 0.05) is 5.56 Å². The van der Waals surface area contributed by atoms with Crippen LogP contribution >= 0.6 is 11.6 Å². The Morgan fingerprint density at radius 2 is 1.67 bits per heavy atom. The number of anilines is 1. The van der Waals surface area contributed by atoms with Crippen LogP contribution in [0.3, 0.4) is 0 Å². The lowest BCUT2D eigenvalue weighted by atomic mass is 9.98. The van der Waals surface area contributed by atoms with Crippen LogP contribution in [0.5, 0.6) is 0 Å². The average Bonchev–Trinajstić information content (AvgIpc) is 3.25. The van der Waals surface area contributed by atoms with E-state index in [1.807, 2.05) is 18.2 Å². The highest BCUT2D eigenvalue weighted by Crippen LogP contribution is 2.29. The third-order valence-electron chi connectivity index (χ3n) is 5.19. The molecule has 1 amide bonds. The van der Waals surface area contributed by atoms with E-state index in [1.165, 1.54) is 6.42 Å². The van der Waals surface area contributed by atoms with Crippen LogP contribution in [-0.2, 0) is 4.74 Å². The van der Waals surface area contributed by atoms with Gasteiger partial charge in [0.15, 0.2) is 5.76 Å². The van der Waals surface area contributed by atoms with Crippen LogP contribution in [0, 0.1) is 0 Å². The number of carbonyl (C=O) groups excluding carboxylic acids is 2. The lowest BCUT2D eigenvalue weighted by molar-refractivity contribution is 0.0212. The van der Waals surface area contributed by atoms with E-state index >= 15 is 0 Å². The van der Waals surface area contributed by atoms with E-state index in [0.29, 0.717) is 27.6 Å². The SMILES string of the molecule is O=C(Nc1ccccc1C(=O)OC1CCCCC1)c1ccc(-c2ccccc2Cl)o1. The summed E-state index contributed by atoms with van der Waals surface area (Å²) in [6.07, 6.45) is 5.04. The number of hydrogen-bond donors (Lipinski definition) is 1. The van der Waals surface area contributed by atoms with Crippen molar-refractivity contribution >= 4 is 29.2 Å². The van der Waals surface area contributed by atoms with E-state index in [9.17, 15) is 9.59 Å². The smallest absolute Gasteiger partial charge is 0.340 e. The van der Waals surface area contributed by atoms with Gasteiger partial charge >= 0.3 is 5.97 Å². The standard InChI is InChI=1S/C24H22ClNO4/c25-19-12-6-4-10-17(19)21-14-15-22(30-21)23(27)26-20-13-7-5-11-18(20)24(28)29-16-8-2-1-3-9-16/h4-7,10-16H,1-3,8-9H2,(H,26,27). The van der Waals surface area contributed by atoms with Crippen molar-refractivity contribution in [1.82, 2.24) is 0 Å². The van der Waals surface area contributed by atoms with Crippen LogP contribution in [0.25, 0.3) is 11.3 Å². The summed E-state index contributed by atoms with van der Waals surface area (Å²) in [5.41, 5.74) is 1.42. The molecule has 1 saturated carbocycles. The van der Waals surface area contributed by atoms with Gasteiger partial charge in [0.1, 0.15) is 11.9 Å². The Hall–Kier alpha value is -3.05. The van der Waals surface area contributed by atoms with Crippen LogP contribution in [0.1, 0.15) is 53.0 Å². The van der Waals surface area contributed by atoms with Crippen molar-refractivity contribution in [3.8, 4) is 11.3 Å². The highest BCUT2D eigenvalue weighted by atomic mass is 35.5. The van der Waals surface area contributed by atoms with E-state index in [0.717, 1.165) is 25.7 Å². The zero-order valence-electron chi connectivity index (χ0n) is 16.4. The Morgan fingerprint density at radius 3 is 2.47 bits per heavy atom. The van der Waals surface area contributed by atoms with Gasteiger partial charge in [0.05, 0.1) is 16.3 Å². The fourth-order valence-corrected chi connectivity index (χ4v) is 3.85. The molecule has 3 aromatic rings. The van der Waals surface area contributed by atoms with Crippen molar-refractivity contribution in [2.24, 2.45) is 0 Å². The molecular weight excluding hydrogens is 402 g/mol. The van der Waals surface area contributed by atoms with E-state index < -0.39 is 11.9 Å². The maximum absolute atomic E-state index is 12.7. The molecule has 1 aliphatic carbocycles. The number of carbonyl (C=O) groups is 2. The van der Waals surface area contributed by atoms with E-state index in [2.05, 4.69) is 5.32 Å². The minimum atomic E-state index is -0.453. The second kappa shape index (κ2) is 9.18. The quantitative estimate of drug-likeness (QED) is 0.486. The summed E-state index contributed by atoms with van der Waals surface area (Å²) in [4.78, 5) is 25.4. The second-order valence-corrected chi connectivity index (χ2v) is 7.72. The van der Waals surface area contributed by atoms with Crippen molar-refractivity contribution < 1.29 is 18.7 Å². The Kier molecular flexibility index (Phi) is 6.19. The molecule has 0 saturated heterocycles. The molecule has 0 spiro atoms. The molecule has 1 aromatic heterocycles. The van der Waals surface area contributed by atoms with Crippen molar-refractivity contribution in [2.45, 2.75) is 38.2 Å². The summed E-state index contributed by atoms with van der Waals surface area (Å²) < 4.78 is 11.3. The lowest BCUT2D eigenvalue weighted by Crippen LogP contribution is -2.22. The van der Waals surface area contributed by atoms with E-state index in [-0.39, 0.29) is 11.9 Å². The van der Waals surface area contributed by atoms with Gasteiger partial charge in [0.25, 0.3) is 5.91 Å². The first-order valence-electron chi connectivity index (χ1n) is 10.1. The normalized spacial score (nSPS) is 14.3. The zero-order valence-corrected chi connectivity index (χ0v) is 17.2. The van der Waals surface area contributed by atoms with Gasteiger partial charge < -0.3 is 14.5 Å². The van der Waals surface area contributed by atoms with Gasteiger partial charge in [-0.15, -0.1) is 0 Å². The number of esters is 1. The van der Waals surface area contributed by atoms with Crippen LogP contribution < -0.4 is 5.32 Å². The Bertz CT molecular complexity index is 1050. The van der Waals surface area contributed by atoms with Crippen LogP contribution in [0.4, 0.5) is 5.69 Å². The Morgan fingerprint density at radius 1 is 0.933 bits per heavy atom. The summed E-state index contributed by atoms with van der Waals surface area (Å²) in [5, 5.41) is 3.29. The average molecular weight is 424 g/mol. The molecule has 4 rings (SSSR count). The van der Waals surface area contributed by atoms with Crippen LogP contribution in [-0.4, -0.2) is 18.0 Å². The topological polar surface area (TPSA) is 68.5 Å². The predicted molar refractivity (Wildman–Crippen MR) is 116 cm³/mol. The van der Waals surface area contributed by atoms with Crippen molar-refractivity contribution in [3.63, 3.8) is 0 Å². The zero-order chi connectivity index (χ0) is 20.9. The van der Waals surface area contributed by atoms with Gasteiger partial charge in [-0.05, 0) is 62.1 Å². The number of benzene rings is 2. The van der Waals surface area contributed by atoms with Gasteiger partial charge in [-0.2, -0.15) is 0 Å². The molecule has 0 aliphatic heterocycles. The van der Waals surface area contributed by atoms with Crippen molar-refractivity contribution in [3.05, 3.63) is 77.0 Å². The summed E-state index contributed by atoms with van der Waals surface area (Å²) in [6, 6.07) is 17.3. The molecule has 0 radical (unpaired) electrons. The minimum Gasteiger partial charge on any atom is -0.459 e. The second-order valence-electron chi connectivity index (χ2n) is 7.31. The summed E-state index contributed by atoms with van der Waals surface area (Å²) >= 11 is 6.20. The van der Waals surface area contributed by atoms with E-state index in [1.54, 1.807) is 42.5 Å². The molecule has 1 fully saturated rings. The number of amides is 1. The molecule has 1 aliphatic rings. The number of rotatable bonds is 5. The minimum absolute atomic E-state index is 0.0572. The lowest BCUT2D eigenvalue weighted by Gasteiger charge is -2.22. The summed E-state index contributed by atoms with van der Waals surface area (Å²) in [6.45, 7) is 0. The van der Waals surface area contributed by atoms with Crippen LogP contribution in [0.15, 0.2) is 65.1 Å². The molecule has 5 nitrogen and oxygen atoms in total. The third kappa shape index (κ3) is 4.57. The fourth-order valence-electron chi connectivity index (χ4n) is 3.62. The highest BCUT2D eigenvalue weighted by Gasteiger charge is 2.22. The molecule has 0 atom stereocenters. The number of hydrogen-bond acceptors (Lipinski definition) is 4. The van der Waals surface area contributed by atoms with Gasteiger partial charge in [0.2, 0.25) is 0 Å². The summed E-state index contributed by atoms with van der Waals surface area (Å²) in [7, 11) is 0. The number of para-hydroxylation sites is 1.